The first-order valence-electron chi connectivity index (χ1n) is 6.06. The Morgan fingerprint density at radius 1 is 1.32 bits per heavy atom. The molecule has 0 aliphatic carbocycles. The standard InChI is InChI=1S/C13H17FN4O/c1-9(15-2)12-16-17-13(19-12)18(3)8-10-4-6-11(14)7-5-10/h4-7,9,15H,8H2,1-3H3. The zero-order chi connectivity index (χ0) is 13.8. The van der Waals surface area contributed by atoms with E-state index in [0.29, 0.717) is 18.5 Å². The largest absolute Gasteiger partial charge is 0.406 e. The zero-order valence-electron chi connectivity index (χ0n) is 11.2. The highest BCUT2D eigenvalue weighted by Crippen LogP contribution is 2.17. The Morgan fingerprint density at radius 3 is 2.63 bits per heavy atom. The van der Waals surface area contributed by atoms with Crippen molar-refractivity contribution in [2.45, 2.75) is 19.5 Å². The smallest absolute Gasteiger partial charge is 0.318 e. The molecule has 0 amide bonds. The molecule has 0 aliphatic heterocycles. The van der Waals surface area contributed by atoms with Gasteiger partial charge >= 0.3 is 6.01 Å². The second kappa shape index (κ2) is 5.79. The SMILES string of the molecule is CNC(C)c1nnc(N(C)Cc2ccc(F)cc2)o1. The number of rotatable bonds is 5. The number of nitrogens with one attached hydrogen (secondary N) is 1. The first-order valence-corrected chi connectivity index (χ1v) is 6.06. The minimum Gasteiger partial charge on any atom is -0.406 e. The average Bonchev–Trinajstić information content (AvgIpc) is 2.90. The fraction of sp³-hybridized carbons (Fsp3) is 0.385. The van der Waals surface area contributed by atoms with Gasteiger partial charge in [-0.3, -0.25) is 0 Å². The molecule has 0 bridgehead atoms. The van der Waals surface area contributed by atoms with E-state index in [1.54, 1.807) is 12.1 Å². The van der Waals surface area contributed by atoms with E-state index < -0.39 is 0 Å². The van der Waals surface area contributed by atoms with Crippen LogP contribution in [0.5, 0.6) is 0 Å². The third-order valence-electron chi connectivity index (χ3n) is 2.89. The van der Waals surface area contributed by atoms with Gasteiger partial charge in [0.1, 0.15) is 5.82 Å². The summed E-state index contributed by atoms with van der Waals surface area (Å²) in [5, 5.41) is 11.0. The molecule has 1 N–H and O–H groups in total. The van der Waals surface area contributed by atoms with Crippen LogP contribution in [0, 0.1) is 5.82 Å². The Labute approximate surface area is 111 Å². The topological polar surface area (TPSA) is 54.2 Å². The van der Waals surface area contributed by atoms with Crippen LogP contribution in [0.1, 0.15) is 24.4 Å². The minimum atomic E-state index is -0.241. The second-order valence-corrected chi connectivity index (χ2v) is 4.42. The number of hydrogen-bond acceptors (Lipinski definition) is 5. The Morgan fingerprint density at radius 2 is 2.00 bits per heavy atom. The number of aromatic nitrogens is 2. The molecule has 19 heavy (non-hydrogen) atoms. The van der Waals surface area contributed by atoms with E-state index in [-0.39, 0.29) is 11.9 Å². The third-order valence-corrected chi connectivity index (χ3v) is 2.89. The first-order chi connectivity index (χ1) is 9.10. The Kier molecular flexibility index (Phi) is 4.11. The van der Waals surface area contributed by atoms with Crippen molar-refractivity contribution in [1.29, 1.82) is 0 Å². The highest BCUT2D eigenvalue weighted by Gasteiger charge is 2.14. The van der Waals surface area contributed by atoms with Crippen LogP contribution < -0.4 is 10.2 Å². The predicted octanol–water partition coefficient (Wildman–Crippen LogP) is 2.13. The Balaban J connectivity index is 2.05. The average molecular weight is 264 g/mol. The minimum absolute atomic E-state index is 0.0143. The van der Waals surface area contributed by atoms with Crippen molar-refractivity contribution in [3.63, 3.8) is 0 Å². The fourth-order valence-electron chi connectivity index (χ4n) is 1.61. The van der Waals surface area contributed by atoms with E-state index in [0.717, 1.165) is 5.56 Å². The normalized spacial score (nSPS) is 12.4. The van der Waals surface area contributed by atoms with E-state index in [1.807, 2.05) is 25.9 Å². The van der Waals surface area contributed by atoms with Crippen LogP contribution in [0.25, 0.3) is 0 Å². The van der Waals surface area contributed by atoms with E-state index in [9.17, 15) is 4.39 Å². The summed E-state index contributed by atoms with van der Waals surface area (Å²) in [4.78, 5) is 1.83. The van der Waals surface area contributed by atoms with Crippen molar-refractivity contribution >= 4 is 6.01 Å². The number of anilines is 1. The first kappa shape index (κ1) is 13.5. The number of benzene rings is 1. The molecule has 1 aromatic heterocycles. The van der Waals surface area contributed by atoms with Crippen LogP contribution in [0.2, 0.25) is 0 Å². The molecule has 1 aromatic carbocycles. The molecule has 1 heterocycles. The summed E-state index contributed by atoms with van der Waals surface area (Å²) in [6.07, 6.45) is 0. The van der Waals surface area contributed by atoms with Crippen molar-refractivity contribution in [2.24, 2.45) is 0 Å². The van der Waals surface area contributed by atoms with E-state index in [4.69, 9.17) is 4.42 Å². The van der Waals surface area contributed by atoms with Crippen molar-refractivity contribution in [2.75, 3.05) is 19.0 Å². The van der Waals surface area contributed by atoms with Gasteiger partial charge in [-0.25, -0.2) is 4.39 Å². The van der Waals surface area contributed by atoms with Crippen molar-refractivity contribution in [1.82, 2.24) is 15.5 Å². The van der Waals surface area contributed by atoms with Crippen molar-refractivity contribution in [3.05, 3.63) is 41.5 Å². The molecule has 1 unspecified atom stereocenters. The van der Waals surface area contributed by atoms with Gasteiger partial charge < -0.3 is 14.6 Å². The predicted molar refractivity (Wildman–Crippen MR) is 70.3 cm³/mol. The molecule has 0 aliphatic rings. The Bertz CT molecular complexity index is 526. The molecule has 102 valence electrons. The maximum Gasteiger partial charge on any atom is 0.318 e. The van der Waals surface area contributed by atoms with Gasteiger partial charge in [0.2, 0.25) is 5.89 Å². The van der Waals surface area contributed by atoms with Gasteiger partial charge in [0.15, 0.2) is 0 Å². The van der Waals surface area contributed by atoms with E-state index in [2.05, 4.69) is 15.5 Å². The van der Waals surface area contributed by atoms with Gasteiger partial charge in [-0.05, 0) is 31.7 Å². The van der Waals surface area contributed by atoms with Crippen molar-refractivity contribution < 1.29 is 8.81 Å². The lowest BCUT2D eigenvalue weighted by molar-refractivity contribution is 0.432. The van der Waals surface area contributed by atoms with Gasteiger partial charge in [0, 0.05) is 13.6 Å². The van der Waals surface area contributed by atoms with Crippen LogP contribution in [0.3, 0.4) is 0 Å². The molecule has 2 rings (SSSR count). The molecule has 1 atom stereocenters. The highest BCUT2D eigenvalue weighted by atomic mass is 19.1. The second-order valence-electron chi connectivity index (χ2n) is 4.42. The lowest BCUT2D eigenvalue weighted by Crippen LogP contribution is -2.16. The monoisotopic (exact) mass is 264 g/mol. The van der Waals surface area contributed by atoms with Gasteiger partial charge in [0.25, 0.3) is 0 Å². The summed E-state index contributed by atoms with van der Waals surface area (Å²) in [6, 6.07) is 6.80. The van der Waals surface area contributed by atoms with Crippen LogP contribution >= 0.6 is 0 Å². The zero-order valence-corrected chi connectivity index (χ0v) is 11.2. The van der Waals surface area contributed by atoms with Crippen molar-refractivity contribution in [3.8, 4) is 0 Å². The van der Waals surface area contributed by atoms with Crippen LogP contribution in [-0.2, 0) is 6.54 Å². The summed E-state index contributed by atoms with van der Waals surface area (Å²) in [7, 11) is 3.68. The summed E-state index contributed by atoms with van der Waals surface area (Å²) in [5.74, 6) is 0.304. The van der Waals surface area contributed by atoms with Gasteiger partial charge in [-0.1, -0.05) is 17.2 Å². The third kappa shape index (κ3) is 3.29. The summed E-state index contributed by atoms with van der Waals surface area (Å²) in [5.41, 5.74) is 0.977. The van der Waals surface area contributed by atoms with Gasteiger partial charge in [-0.2, -0.15) is 0 Å². The Hall–Kier alpha value is -1.95. The molecule has 0 saturated heterocycles. The maximum atomic E-state index is 12.8. The van der Waals surface area contributed by atoms with E-state index in [1.165, 1.54) is 12.1 Å². The molecule has 0 radical (unpaired) electrons. The molecular formula is C13H17FN4O. The highest BCUT2D eigenvalue weighted by molar-refractivity contribution is 5.27. The maximum absolute atomic E-state index is 12.8. The fourth-order valence-corrected chi connectivity index (χ4v) is 1.61. The van der Waals surface area contributed by atoms with Crippen LogP contribution in [0.4, 0.5) is 10.4 Å². The van der Waals surface area contributed by atoms with Crippen LogP contribution in [-0.4, -0.2) is 24.3 Å². The molecule has 0 saturated carbocycles. The molecule has 6 heteroatoms. The number of halogens is 1. The molecular weight excluding hydrogens is 247 g/mol. The number of nitrogens with zero attached hydrogens (tertiary/aromatic N) is 3. The summed E-state index contributed by atoms with van der Waals surface area (Å²) >= 11 is 0. The molecule has 0 spiro atoms. The molecule has 5 nitrogen and oxygen atoms in total. The van der Waals surface area contributed by atoms with Crippen LogP contribution in [0.15, 0.2) is 28.7 Å². The van der Waals surface area contributed by atoms with Gasteiger partial charge in [0.05, 0.1) is 6.04 Å². The summed E-state index contributed by atoms with van der Waals surface area (Å²) in [6.45, 7) is 2.52. The lowest BCUT2D eigenvalue weighted by Gasteiger charge is -2.13. The lowest BCUT2D eigenvalue weighted by atomic mass is 10.2. The quantitative estimate of drug-likeness (QED) is 0.896. The molecule has 2 aromatic rings. The molecule has 0 fully saturated rings. The summed E-state index contributed by atoms with van der Waals surface area (Å²) < 4.78 is 18.4. The number of hydrogen-bond donors (Lipinski definition) is 1. The van der Waals surface area contributed by atoms with Gasteiger partial charge in [-0.15, -0.1) is 5.10 Å². The van der Waals surface area contributed by atoms with E-state index >= 15 is 0 Å².